The molecule has 1 atom stereocenters. The monoisotopic (exact) mass is 232 g/mol. The molecule has 0 aromatic rings. The third kappa shape index (κ3) is 12.0. The molecule has 0 spiro atoms. The lowest BCUT2D eigenvalue weighted by atomic mass is 10.1. The summed E-state index contributed by atoms with van der Waals surface area (Å²) in [6, 6.07) is 0. The van der Waals surface area contributed by atoms with Gasteiger partial charge in [-0.25, -0.2) is 0 Å². The highest BCUT2D eigenvalue weighted by atomic mass is 31.1. The zero-order valence-corrected chi connectivity index (χ0v) is 10.8. The second kappa shape index (κ2) is 12.1. The third-order valence-electron chi connectivity index (χ3n) is 2.68. The Morgan fingerprint density at radius 2 is 1.53 bits per heavy atom. The smallest absolute Gasteiger partial charge is 0.157 e. The van der Waals surface area contributed by atoms with Gasteiger partial charge in [0.2, 0.25) is 0 Å². The molecule has 0 bridgehead atoms. The van der Waals surface area contributed by atoms with E-state index in [2.05, 4.69) is 6.92 Å². The number of hydrogen-bond acceptors (Lipinski definition) is 2. The molecule has 0 fully saturated rings. The van der Waals surface area contributed by atoms with Crippen LogP contribution in [0.15, 0.2) is 0 Å². The molecular weight excluding hydrogens is 207 g/mol. The number of rotatable bonds is 11. The molecule has 15 heavy (non-hydrogen) atoms. The lowest BCUT2D eigenvalue weighted by Gasteiger charge is -2.05. The van der Waals surface area contributed by atoms with Crippen LogP contribution in [0.5, 0.6) is 0 Å². The molecule has 0 saturated carbocycles. The fourth-order valence-corrected chi connectivity index (χ4v) is 2.05. The molecule has 0 amide bonds. The van der Waals surface area contributed by atoms with Crippen LogP contribution in [0.3, 0.4) is 0 Å². The summed E-state index contributed by atoms with van der Waals surface area (Å²) in [4.78, 5) is 0. The van der Waals surface area contributed by atoms with E-state index < -0.39 is 0 Å². The van der Waals surface area contributed by atoms with Gasteiger partial charge in [-0.2, -0.15) is 0 Å². The van der Waals surface area contributed by atoms with E-state index in [4.69, 9.17) is 0 Å². The summed E-state index contributed by atoms with van der Waals surface area (Å²) >= 11 is 0. The van der Waals surface area contributed by atoms with Crippen LogP contribution in [0.1, 0.15) is 64.7 Å². The average Bonchev–Trinajstić information content (AvgIpc) is 2.22. The van der Waals surface area contributed by atoms with Crippen molar-refractivity contribution in [2.24, 2.45) is 0 Å². The fourth-order valence-electron chi connectivity index (χ4n) is 1.69. The summed E-state index contributed by atoms with van der Waals surface area (Å²) in [6.07, 6.45) is 11.1. The zero-order chi connectivity index (χ0) is 11.4. The fraction of sp³-hybridized carbons (Fsp3) is 1.00. The van der Waals surface area contributed by atoms with Gasteiger partial charge in [-0.05, 0) is 6.42 Å². The largest absolute Gasteiger partial charge is 0.392 e. The topological polar surface area (TPSA) is 37.3 Å². The molecule has 90 valence electrons. The van der Waals surface area contributed by atoms with Crippen LogP contribution in [0.4, 0.5) is 0 Å². The van der Waals surface area contributed by atoms with Crippen LogP contribution in [0.25, 0.3) is 0 Å². The Balaban J connectivity index is 3.01. The number of unbranched alkanes of at least 4 members (excludes halogenated alkanes) is 7. The van der Waals surface area contributed by atoms with E-state index in [0.29, 0.717) is 6.16 Å². The third-order valence-corrected chi connectivity index (χ3v) is 3.25. The molecule has 0 aliphatic heterocycles. The highest BCUT2D eigenvalue weighted by Gasteiger charge is 2.02. The van der Waals surface area contributed by atoms with Gasteiger partial charge in [0.25, 0.3) is 0 Å². The Bertz CT molecular complexity index is 140. The van der Waals surface area contributed by atoms with Gasteiger partial charge in [0.1, 0.15) is 0 Å². The average molecular weight is 232 g/mol. The molecule has 3 heteroatoms. The molecule has 0 saturated heterocycles. The van der Waals surface area contributed by atoms with Crippen LogP contribution in [-0.4, -0.2) is 17.4 Å². The van der Waals surface area contributed by atoms with Gasteiger partial charge in [0.05, 0.1) is 12.3 Å². The van der Waals surface area contributed by atoms with Crippen molar-refractivity contribution < 1.29 is 9.67 Å². The molecule has 0 aliphatic carbocycles. The molecule has 1 unspecified atom stereocenters. The van der Waals surface area contributed by atoms with E-state index in [0.717, 1.165) is 12.8 Å². The van der Waals surface area contributed by atoms with Gasteiger partial charge in [0.15, 0.2) is 8.46 Å². The maximum Gasteiger partial charge on any atom is 0.157 e. The molecule has 0 rings (SSSR count). The predicted octanol–water partition coefficient (Wildman–Crippen LogP) is 4.17. The summed E-state index contributed by atoms with van der Waals surface area (Å²) in [7, 11) is 0.0686. The van der Waals surface area contributed by atoms with Crippen molar-refractivity contribution >= 4 is 8.46 Å². The summed E-state index contributed by atoms with van der Waals surface area (Å²) < 4.78 is 10.2. The van der Waals surface area contributed by atoms with Crippen molar-refractivity contribution in [3.05, 3.63) is 0 Å². The quantitative estimate of drug-likeness (QED) is 0.429. The van der Waals surface area contributed by atoms with Crippen LogP contribution in [-0.2, 0) is 4.57 Å². The van der Waals surface area contributed by atoms with Gasteiger partial charge in [-0.3, -0.25) is 4.57 Å². The summed E-state index contributed by atoms with van der Waals surface area (Å²) in [5.41, 5.74) is 0. The highest BCUT2D eigenvalue weighted by molar-refractivity contribution is 7.23. The van der Waals surface area contributed by atoms with Gasteiger partial charge in [0, 0.05) is 0 Å². The molecular formula is C12H25O2P. The van der Waals surface area contributed by atoms with Gasteiger partial charge < -0.3 is 5.11 Å². The summed E-state index contributed by atoms with van der Waals surface area (Å²) in [5, 5.41) is 9.31. The van der Waals surface area contributed by atoms with Crippen LogP contribution < -0.4 is 0 Å². The van der Waals surface area contributed by atoms with Crippen LogP contribution in [0, 0.1) is 0 Å². The van der Waals surface area contributed by atoms with E-state index in [-0.39, 0.29) is 14.6 Å². The van der Waals surface area contributed by atoms with Crippen molar-refractivity contribution in [1.82, 2.24) is 0 Å². The first kappa shape index (κ1) is 15.1. The number of aliphatic hydroxyl groups is 1. The van der Waals surface area contributed by atoms with E-state index in [9.17, 15) is 9.67 Å². The van der Waals surface area contributed by atoms with Crippen LogP contribution >= 0.6 is 8.46 Å². The van der Waals surface area contributed by atoms with Crippen molar-refractivity contribution in [3.8, 4) is 0 Å². The van der Waals surface area contributed by atoms with Gasteiger partial charge >= 0.3 is 0 Å². The molecule has 0 radical (unpaired) electrons. The van der Waals surface area contributed by atoms with Gasteiger partial charge in [-0.1, -0.05) is 58.3 Å². The van der Waals surface area contributed by atoms with Crippen molar-refractivity contribution in [3.63, 3.8) is 0 Å². The predicted molar refractivity (Wildman–Crippen MR) is 65.7 cm³/mol. The standard InChI is InChI=1S/C12H25O2P/c1-2-3-4-5-6-7-8-9-10-12(13)11-15-14/h12-13H,2-11H2,1H3. The lowest BCUT2D eigenvalue weighted by Crippen LogP contribution is -2.07. The lowest BCUT2D eigenvalue weighted by molar-refractivity contribution is 0.183. The Hall–Kier alpha value is 0.0600. The Labute approximate surface area is 95.7 Å². The Morgan fingerprint density at radius 1 is 1.00 bits per heavy atom. The van der Waals surface area contributed by atoms with Gasteiger partial charge in [-0.15, -0.1) is 0 Å². The molecule has 2 nitrogen and oxygen atoms in total. The van der Waals surface area contributed by atoms with Crippen molar-refractivity contribution in [1.29, 1.82) is 0 Å². The minimum atomic E-state index is -0.357. The van der Waals surface area contributed by atoms with Crippen molar-refractivity contribution in [2.45, 2.75) is 70.8 Å². The first-order chi connectivity index (χ1) is 7.31. The van der Waals surface area contributed by atoms with Crippen molar-refractivity contribution in [2.75, 3.05) is 6.16 Å². The number of hydrogen-bond donors (Lipinski definition) is 1. The summed E-state index contributed by atoms with van der Waals surface area (Å²) in [6.45, 7) is 2.23. The molecule has 1 N–H and O–H groups in total. The minimum Gasteiger partial charge on any atom is -0.392 e. The second-order valence-corrected chi connectivity index (χ2v) is 4.85. The Morgan fingerprint density at radius 3 is 2.07 bits per heavy atom. The first-order valence-corrected chi connectivity index (χ1v) is 7.28. The second-order valence-electron chi connectivity index (χ2n) is 4.23. The molecule has 0 heterocycles. The maximum absolute atomic E-state index is 10.2. The minimum absolute atomic E-state index is 0.0686. The maximum atomic E-state index is 10.2. The first-order valence-electron chi connectivity index (χ1n) is 6.28. The normalized spacial score (nSPS) is 13.2. The SMILES string of the molecule is CCCCCCCCCCC(O)CP=O. The van der Waals surface area contributed by atoms with E-state index in [1.54, 1.807) is 0 Å². The number of aliphatic hydroxyl groups excluding tert-OH is 1. The molecule has 0 aromatic carbocycles. The highest BCUT2D eigenvalue weighted by Crippen LogP contribution is 2.11. The molecule has 0 aromatic heterocycles. The Kier molecular flexibility index (Phi) is 12.2. The zero-order valence-electron chi connectivity index (χ0n) is 9.95. The van der Waals surface area contributed by atoms with E-state index >= 15 is 0 Å². The molecule has 0 aliphatic rings. The van der Waals surface area contributed by atoms with E-state index in [1.807, 2.05) is 0 Å². The summed E-state index contributed by atoms with van der Waals surface area (Å²) in [5.74, 6) is 0. The van der Waals surface area contributed by atoms with E-state index in [1.165, 1.54) is 44.9 Å². The van der Waals surface area contributed by atoms with Crippen LogP contribution in [0.2, 0.25) is 0 Å².